The number of hydrogen-bond acceptors (Lipinski definition) is 7. The van der Waals surface area contributed by atoms with Crippen LogP contribution in [0, 0.1) is 0 Å². The summed E-state index contributed by atoms with van der Waals surface area (Å²) in [6, 6.07) is 3.61. The Morgan fingerprint density at radius 3 is 1.84 bits per heavy atom. The van der Waals surface area contributed by atoms with Crippen molar-refractivity contribution in [2.45, 2.75) is 0 Å². The fourth-order valence-electron chi connectivity index (χ4n) is 1.56. The van der Waals surface area contributed by atoms with Crippen LogP contribution in [0.5, 0.6) is 0 Å². The zero-order valence-electron chi connectivity index (χ0n) is 11.5. The van der Waals surface area contributed by atoms with Crippen LogP contribution in [0.25, 0.3) is 0 Å². The predicted molar refractivity (Wildman–Crippen MR) is 78.0 cm³/mol. The van der Waals surface area contributed by atoms with Gasteiger partial charge in [0, 0.05) is 40.4 Å². The summed E-state index contributed by atoms with van der Waals surface area (Å²) in [4.78, 5) is 0.686. The maximum Gasteiger partial charge on any atom is 0.369 e. The summed E-state index contributed by atoms with van der Waals surface area (Å²) >= 11 is 1.38. The summed E-state index contributed by atoms with van der Waals surface area (Å²) in [6.07, 6.45) is 0. The zero-order chi connectivity index (χ0) is 14.5. The van der Waals surface area contributed by atoms with E-state index in [0.717, 1.165) is 0 Å². The van der Waals surface area contributed by atoms with Gasteiger partial charge in [0.05, 0.1) is 0 Å². The highest BCUT2D eigenvalue weighted by molar-refractivity contribution is 7.90. The number of thiophene rings is 1. The second-order valence-corrected chi connectivity index (χ2v) is 9.22. The van der Waals surface area contributed by atoms with E-state index in [1.807, 2.05) is 11.4 Å². The molecule has 0 aliphatic rings. The van der Waals surface area contributed by atoms with Gasteiger partial charge in [0.25, 0.3) is 7.57 Å². The van der Waals surface area contributed by atoms with Crippen LogP contribution in [0.4, 0.5) is 0 Å². The second kappa shape index (κ2) is 7.16. The van der Waals surface area contributed by atoms with Gasteiger partial charge in [-0.05, 0) is 11.4 Å². The Morgan fingerprint density at radius 2 is 1.53 bits per heavy atom. The molecule has 110 valence electrons. The molecule has 9 heteroatoms. The third kappa shape index (κ3) is 3.20. The van der Waals surface area contributed by atoms with Crippen LogP contribution in [0.2, 0.25) is 0 Å². The van der Waals surface area contributed by atoms with Crippen LogP contribution in [-0.4, -0.2) is 40.6 Å². The van der Waals surface area contributed by atoms with Gasteiger partial charge < -0.3 is 22.6 Å². The van der Waals surface area contributed by atoms with E-state index >= 15 is 0 Å². The average Bonchev–Trinajstić information content (AvgIpc) is 2.97. The Bertz CT molecular complexity index is 471. The van der Waals surface area contributed by atoms with E-state index in [1.54, 1.807) is 6.07 Å². The van der Waals surface area contributed by atoms with E-state index < -0.39 is 15.2 Å². The van der Waals surface area contributed by atoms with Crippen LogP contribution in [0.1, 0.15) is 4.88 Å². The minimum absolute atomic E-state index is 0.285. The van der Waals surface area contributed by atoms with Crippen molar-refractivity contribution in [2.75, 3.05) is 35.5 Å². The molecule has 19 heavy (non-hydrogen) atoms. The molecule has 0 fully saturated rings. The maximum atomic E-state index is 12.8. The fourth-order valence-corrected chi connectivity index (χ4v) is 7.68. The van der Waals surface area contributed by atoms with Crippen LogP contribution in [0.3, 0.4) is 0 Å². The van der Waals surface area contributed by atoms with E-state index in [0.29, 0.717) is 4.88 Å². The van der Waals surface area contributed by atoms with Crippen molar-refractivity contribution in [3.8, 4) is 0 Å². The van der Waals surface area contributed by atoms with E-state index in [9.17, 15) is 4.57 Å². The summed E-state index contributed by atoms with van der Waals surface area (Å²) in [7, 11) is 0.402. The largest absolute Gasteiger partial charge is 0.369 e. The van der Waals surface area contributed by atoms with Crippen molar-refractivity contribution in [2.24, 2.45) is 0 Å². The quantitative estimate of drug-likeness (QED) is 0.715. The molecule has 0 unspecified atom stereocenters. The van der Waals surface area contributed by atoms with Crippen molar-refractivity contribution in [1.29, 1.82) is 0 Å². The van der Waals surface area contributed by atoms with Crippen LogP contribution in [0.15, 0.2) is 17.5 Å². The summed E-state index contributed by atoms with van der Waals surface area (Å²) in [5, 5.41) is 2.13. The average molecular weight is 328 g/mol. The molecule has 6 nitrogen and oxygen atoms in total. The van der Waals surface area contributed by atoms with Crippen molar-refractivity contribution in [3.63, 3.8) is 0 Å². The molecule has 0 saturated heterocycles. The van der Waals surface area contributed by atoms with E-state index in [2.05, 4.69) is 0 Å². The van der Waals surface area contributed by atoms with E-state index in [1.165, 1.54) is 46.9 Å². The lowest BCUT2D eigenvalue weighted by atomic mass is 10.5. The molecule has 1 heterocycles. The van der Waals surface area contributed by atoms with E-state index in [4.69, 9.17) is 22.6 Å². The first-order valence-electron chi connectivity index (χ1n) is 5.23. The third-order valence-electron chi connectivity index (χ3n) is 2.46. The third-order valence-corrected chi connectivity index (χ3v) is 9.04. The summed E-state index contributed by atoms with van der Waals surface area (Å²) < 4.78 is 39.1. The summed E-state index contributed by atoms with van der Waals surface area (Å²) in [5.74, 6) is 0. The van der Waals surface area contributed by atoms with Crippen LogP contribution in [-0.2, 0) is 27.2 Å². The molecule has 0 atom stereocenters. The topological polar surface area (TPSA) is 63.2 Å². The number of hydrogen-bond donors (Lipinski definition) is 0. The Hall–Kier alpha value is 0.0300. The molecule has 0 saturated carbocycles. The highest BCUT2D eigenvalue weighted by Crippen LogP contribution is 2.64. The molecule has 0 amide bonds. The minimum atomic E-state index is -3.55. The van der Waals surface area contributed by atoms with Crippen molar-refractivity contribution < 1.29 is 27.2 Å². The Balaban J connectivity index is 3.70. The summed E-state index contributed by atoms with van der Waals surface area (Å²) in [5.41, 5.74) is 0. The molecule has 1 aromatic heterocycles. The first-order chi connectivity index (χ1) is 9.03. The predicted octanol–water partition coefficient (Wildman–Crippen LogP) is 3.41. The van der Waals surface area contributed by atoms with Gasteiger partial charge in [0.2, 0.25) is 0 Å². The highest BCUT2D eigenvalue weighted by atomic mass is 32.1. The van der Waals surface area contributed by atoms with Gasteiger partial charge in [-0.1, -0.05) is 6.07 Å². The van der Waals surface area contributed by atoms with Crippen LogP contribution >= 0.6 is 26.5 Å². The maximum absolute atomic E-state index is 12.8. The molecular formula is C10H18O6P2S. The van der Waals surface area contributed by atoms with Gasteiger partial charge in [0.1, 0.15) is 0 Å². The molecule has 0 aliphatic carbocycles. The standard InChI is InChI=1S/C10H18O6P2S/c1-12-17(11,13-2)10(9-7-6-8-19-9)18(14-3,15-4)16-5/h6-8H,1-5H3. The molecule has 0 spiro atoms. The first kappa shape index (κ1) is 17.1. The molecule has 1 aromatic rings. The minimum Gasteiger partial charge on any atom is -0.320 e. The van der Waals surface area contributed by atoms with Crippen molar-refractivity contribution in [1.82, 2.24) is 0 Å². The van der Waals surface area contributed by atoms with Gasteiger partial charge >= 0.3 is 7.60 Å². The first-order valence-corrected chi connectivity index (χ1v) is 9.19. The molecule has 0 aromatic carbocycles. The zero-order valence-corrected chi connectivity index (χ0v) is 14.1. The fraction of sp³-hybridized carbons (Fsp3) is 0.500. The highest BCUT2D eigenvalue weighted by Gasteiger charge is 2.41. The van der Waals surface area contributed by atoms with Gasteiger partial charge in [-0.2, -0.15) is 0 Å². The molecule has 0 bridgehead atoms. The normalized spacial score (nSPS) is 12.7. The lowest BCUT2D eigenvalue weighted by molar-refractivity contribution is 0.232. The van der Waals surface area contributed by atoms with Crippen molar-refractivity contribution >= 4 is 31.5 Å². The Labute approximate surface area is 117 Å². The molecule has 0 N–H and O–H groups in total. The lowest BCUT2D eigenvalue weighted by Crippen LogP contribution is -2.11. The number of rotatable bonds is 7. The van der Waals surface area contributed by atoms with Crippen LogP contribution < -0.4 is 0 Å². The lowest BCUT2D eigenvalue weighted by Gasteiger charge is -2.27. The smallest absolute Gasteiger partial charge is 0.320 e. The molecular weight excluding hydrogens is 310 g/mol. The Kier molecular flexibility index (Phi) is 6.43. The molecule has 1 rings (SSSR count). The molecule has 0 radical (unpaired) electrons. The van der Waals surface area contributed by atoms with Gasteiger partial charge in [-0.3, -0.25) is 4.57 Å². The van der Waals surface area contributed by atoms with Gasteiger partial charge in [-0.15, -0.1) is 11.3 Å². The monoisotopic (exact) mass is 328 g/mol. The summed E-state index contributed by atoms with van der Waals surface area (Å²) in [6.45, 7) is 0. The van der Waals surface area contributed by atoms with Gasteiger partial charge in [0.15, 0.2) is 5.03 Å². The second-order valence-electron chi connectivity index (χ2n) is 3.21. The van der Waals surface area contributed by atoms with Gasteiger partial charge in [-0.25, -0.2) is 0 Å². The Morgan fingerprint density at radius 1 is 1.00 bits per heavy atom. The molecule has 0 aliphatic heterocycles. The SMILES string of the molecule is COP(=O)(OC)C(c1cccs1)=P(OC)(OC)OC. The van der Waals surface area contributed by atoms with E-state index in [-0.39, 0.29) is 5.03 Å². The van der Waals surface area contributed by atoms with Crippen molar-refractivity contribution in [3.05, 3.63) is 22.4 Å².